The summed E-state index contributed by atoms with van der Waals surface area (Å²) >= 11 is 0. The van der Waals surface area contributed by atoms with Crippen molar-refractivity contribution in [1.29, 1.82) is 0 Å². The van der Waals surface area contributed by atoms with Crippen LogP contribution in [0.25, 0.3) is 0 Å². The molecule has 0 saturated heterocycles. The van der Waals surface area contributed by atoms with Gasteiger partial charge in [0.2, 0.25) is 0 Å². The molecule has 0 radical (unpaired) electrons. The van der Waals surface area contributed by atoms with Crippen molar-refractivity contribution in [2.24, 2.45) is 28.8 Å². The van der Waals surface area contributed by atoms with Crippen LogP contribution in [-0.4, -0.2) is 6.04 Å². The van der Waals surface area contributed by atoms with Gasteiger partial charge in [0.1, 0.15) is 0 Å². The zero-order chi connectivity index (χ0) is 12.3. The van der Waals surface area contributed by atoms with Gasteiger partial charge in [-0.05, 0) is 62.2 Å². The van der Waals surface area contributed by atoms with E-state index in [1.807, 2.05) is 0 Å². The fourth-order valence-electron chi connectivity index (χ4n) is 3.94. The molecule has 0 heterocycles. The van der Waals surface area contributed by atoms with Crippen LogP contribution in [0.3, 0.4) is 0 Å². The number of nitrogens with zero attached hydrogens (tertiary/aromatic N) is 1. The molecule has 2 aliphatic carbocycles. The molecule has 17 heavy (non-hydrogen) atoms. The third-order valence-electron chi connectivity index (χ3n) is 5.42. The molecule has 2 bridgehead atoms. The standard InChI is InChI=1S/C15H27NO/c1-11-4-3-5-15(16-17)9-6-12(2)14-8-7-13(11)10-14/h11-15H,3-10H2,1-2H3/t11-,12?,13?,14?,15?/m1/s1. The molecule has 98 valence electrons. The highest BCUT2D eigenvalue weighted by Gasteiger charge is 2.32. The second-order valence-electron chi connectivity index (χ2n) is 6.56. The van der Waals surface area contributed by atoms with E-state index >= 15 is 0 Å². The van der Waals surface area contributed by atoms with Gasteiger partial charge in [0.15, 0.2) is 0 Å². The van der Waals surface area contributed by atoms with Crippen LogP contribution in [0.4, 0.5) is 0 Å². The van der Waals surface area contributed by atoms with Crippen molar-refractivity contribution >= 4 is 0 Å². The van der Waals surface area contributed by atoms with Crippen molar-refractivity contribution in [3.8, 4) is 0 Å². The molecule has 0 aromatic rings. The Hall–Kier alpha value is -0.400. The number of rotatable bonds is 1. The molecule has 2 aliphatic rings. The monoisotopic (exact) mass is 237 g/mol. The average molecular weight is 237 g/mol. The van der Waals surface area contributed by atoms with E-state index in [1.165, 1.54) is 38.5 Å². The maximum atomic E-state index is 10.8. The lowest BCUT2D eigenvalue weighted by atomic mass is 9.85. The summed E-state index contributed by atoms with van der Waals surface area (Å²) in [4.78, 5) is 10.8. The minimum absolute atomic E-state index is 0.0984. The molecule has 2 rings (SSSR count). The molecule has 0 N–H and O–H groups in total. The highest BCUT2D eigenvalue weighted by Crippen LogP contribution is 2.42. The van der Waals surface area contributed by atoms with Gasteiger partial charge in [-0.2, -0.15) is 4.91 Å². The third kappa shape index (κ3) is 3.29. The van der Waals surface area contributed by atoms with Gasteiger partial charge in [-0.15, -0.1) is 0 Å². The molecular weight excluding hydrogens is 210 g/mol. The number of hydrogen-bond donors (Lipinski definition) is 0. The van der Waals surface area contributed by atoms with Gasteiger partial charge in [0.05, 0.1) is 6.04 Å². The van der Waals surface area contributed by atoms with E-state index in [0.717, 1.165) is 36.5 Å². The summed E-state index contributed by atoms with van der Waals surface area (Å²) in [7, 11) is 0. The summed E-state index contributed by atoms with van der Waals surface area (Å²) in [5, 5.41) is 3.32. The van der Waals surface area contributed by atoms with Gasteiger partial charge >= 0.3 is 0 Å². The van der Waals surface area contributed by atoms with Crippen molar-refractivity contribution in [2.45, 2.75) is 71.3 Å². The molecule has 0 aliphatic heterocycles. The van der Waals surface area contributed by atoms with Crippen LogP contribution in [-0.2, 0) is 0 Å². The molecule has 0 aromatic heterocycles. The summed E-state index contributed by atoms with van der Waals surface area (Å²) < 4.78 is 0. The first-order valence-electron chi connectivity index (χ1n) is 7.53. The number of nitroso groups, excluding NO2 is 1. The fourth-order valence-corrected chi connectivity index (χ4v) is 3.94. The molecule has 0 spiro atoms. The van der Waals surface area contributed by atoms with Gasteiger partial charge in [0, 0.05) is 0 Å². The Morgan fingerprint density at radius 3 is 2.12 bits per heavy atom. The molecule has 2 heteroatoms. The van der Waals surface area contributed by atoms with Crippen molar-refractivity contribution < 1.29 is 0 Å². The summed E-state index contributed by atoms with van der Waals surface area (Å²) in [6.07, 6.45) is 10.1. The highest BCUT2D eigenvalue weighted by molar-refractivity contribution is 4.83. The first-order valence-corrected chi connectivity index (χ1v) is 7.53. The molecule has 0 amide bonds. The zero-order valence-corrected chi connectivity index (χ0v) is 11.4. The van der Waals surface area contributed by atoms with E-state index in [-0.39, 0.29) is 6.04 Å². The maximum absolute atomic E-state index is 10.8. The Morgan fingerprint density at radius 1 is 0.824 bits per heavy atom. The van der Waals surface area contributed by atoms with Crippen molar-refractivity contribution in [2.75, 3.05) is 0 Å². The van der Waals surface area contributed by atoms with E-state index in [1.54, 1.807) is 0 Å². The highest BCUT2D eigenvalue weighted by atomic mass is 16.3. The van der Waals surface area contributed by atoms with Crippen LogP contribution in [0.2, 0.25) is 0 Å². The topological polar surface area (TPSA) is 29.4 Å². The number of fused-ring (bicyclic) bond motifs is 2. The van der Waals surface area contributed by atoms with Gasteiger partial charge < -0.3 is 0 Å². The van der Waals surface area contributed by atoms with Gasteiger partial charge in [-0.1, -0.05) is 31.9 Å². The van der Waals surface area contributed by atoms with Gasteiger partial charge in [-0.3, -0.25) is 0 Å². The molecule has 5 atom stereocenters. The quantitative estimate of drug-likeness (QED) is 0.604. The Kier molecular flexibility index (Phi) is 4.58. The largest absolute Gasteiger partial charge is 0.151 e. The normalized spacial score (nSPS) is 44.0. The molecule has 2 nitrogen and oxygen atoms in total. The second kappa shape index (κ2) is 5.97. The van der Waals surface area contributed by atoms with Crippen LogP contribution in [0.1, 0.15) is 65.2 Å². The lowest BCUT2D eigenvalue weighted by Crippen LogP contribution is -2.12. The van der Waals surface area contributed by atoms with Crippen LogP contribution in [0, 0.1) is 28.6 Å². The molecule has 2 fully saturated rings. The van der Waals surface area contributed by atoms with Crippen LogP contribution < -0.4 is 0 Å². The van der Waals surface area contributed by atoms with Gasteiger partial charge in [0.25, 0.3) is 0 Å². The van der Waals surface area contributed by atoms with E-state index in [4.69, 9.17) is 0 Å². The Bertz CT molecular complexity index is 253. The van der Waals surface area contributed by atoms with E-state index in [2.05, 4.69) is 19.0 Å². The summed E-state index contributed by atoms with van der Waals surface area (Å²) in [5.74, 6) is 3.54. The number of hydrogen-bond acceptors (Lipinski definition) is 2. The first kappa shape index (κ1) is 13.0. The van der Waals surface area contributed by atoms with Crippen LogP contribution >= 0.6 is 0 Å². The van der Waals surface area contributed by atoms with Crippen LogP contribution in [0.5, 0.6) is 0 Å². The minimum atomic E-state index is 0.0984. The second-order valence-corrected chi connectivity index (χ2v) is 6.56. The van der Waals surface area contributed by atoms with Crippen molar-refractivity contribution in [3.05, 3.63) is 4.91 Å². The Labute approximate surface area is 106 Å². The molecule has 4 unspecified atom stereocenters. The lowest BCUT2D eigenvalue weighted by molar-refractivity contribution is 0.297. The van der Waals surface area contributed by atoms with E-state index < -0.39 is 0 Å². The SMILES string of the molecule is CC1CCC(N=O)CCC[C@@H](C)C2CCC1C2. The average Bonchev–Trinajstić information content (AvgIpc) is 2.80. The van der Waals surface area contributed by atoms with Gasteiger partial charge in [-0.25, -0.2) is 0 Å². The molecule has 2 saturated carbocycles. The molecular formula is C15H27NO. The lowest BCUT2D eigenvalue weighted by Gasteiger charge is -2.21. The molecule has 0 aromatic carbocycles. The van der Waals surface area contributed by atoms with Crippen molar-refractivity contribution in [3.63, 3.8) is 0 Å². The Balaban J connectivity index is 1.99. The summed E-state index contributed by atoms with van der Waals surface area (Å²) in [6.45, 7) is 4.80. The summed E-state index contributed by atoms with van der Waals surface area (Å²) in [5.41, 5.74) is 0. The predicted molar refractivity (Wildman–Crippen MR) is 71.8 cm³/mol. The van der Waals surface area contributed by atoms with E-state index in [9.17, 15) is 4.91 Å². The zero-order valence-electron chi connectivity index (χ0n) is 11.4. The Morgan fingerprint density at radius 2 is 1.47 bits per heavy atom. The van der Waals surface area contributed by atoms with E-state index in [0.29, 0.717) is 0 Å². The van der Waals surface area contributed by atoms with Crippen LogP contribution in [0.15, 0.2) is 5.18 Å². The first-order chi connectivity index (χ1) is 8.20. The summed E-state index contributed by atoms with van der Waals surface area (Å²) in [6, 6.07) is 0.0984. The predicted octanol–water partition coefficient (Wildman–Crippen LogP) is 4.77. The smallest absolute Gasteiger partial charge is 0.0919 e. The third-order valence-corrected chi connectivity index (χ3v) is 5.42. The maximum Gasteiger partial charge on any atom is 0.0919 e. The fraction of sp³-hybridized carbons (Fsp3) is 1.00. The van der Waals surface area contributed by atoms with Crippen molar-refractivity contribution in [1.82, 2.24) is 0 Å². The minimum Gasteiger partial charge on any atom is -0.151 e.